The van der Waals surface area contributed by atoms with Crippen LogP contribution in [0, 0.1) is 9.39 Å². The molecule has 15 heavy (non-hydrogen) atoms. The molecule has 1 aromatic carbocycles. The number of benzene rings is 1. The van der Waals surface area contributed by atoms with E-state index in [-0.39, 0.29) is 11.9 Å². The Labute approximate surface area is 104 Å². The highest BCUT2D eigenvalue weighted by Gasteiger charge is 2.11. The standard InChI is InChI=1S/C12H15FIN/c1-3-4-5-12(15-2)10-7-6-9(13)8-11(10)14/h3,6-8,12,15H,1,4-5H2,2H3. The lowest BCUT2D eigenvalue weighted by Gasteiger charge is -2.17. The molecule has 3 heteroatoms. The topological polar surface area (TPSA) is 12.0 Å². The lowest BCUT2D eigenvalue weighted by atomic mass is 10.0. The van der Waals surface area contributed by atoms with E-state index >= 15 is 0 Å². The smallest absolute Gasteiger partial charge is 0.124 e. The molecule has 1 atom stereocenters. The average molecular weight is 319 g/mol. The lowest BCUT2D eigenvalue weighted by Crippen LogP contribution is -2.17. The van der Waals surface area contributed by atoms with Gasteiger partial charge in [-0.3, -0.25) is 0 Å². The summed E-state index contributed by atoms with van der Waals surface area (Å²) in [6.07, 6.45) is 3.85. The number of allylic oxidation sites excluding steroid dienone is 1. The highest BCUT2D eigenvalue weighted by Crippen LogP contribution is 2.24. The van der Waals surface area contributed by atoms with Crippen molar-refractivity contribution in [1.82, 2.24) is 5.32 Å². The Hall–Kier alpha value is -0.420. The Morgan fingerprint density at radius 1 is 1.60 bits per heavy atom. The van der Waals surface area contributed by atoms with Gasteiger partial charge in [-0.1, -0.05) is 12.1 Å². The summed E-state index contributed by atoms with van der Waals surface area (Å²) in [4.78, 5) is 0. The summed E-state index contributed by atoms with van der Waals surface area (Å²) in [6, 6.07) is 5.20. The van der Waals surface area contributed by atoms with Gasteiger partial charge in [0.15, 0.2) is 0 Å². The van der Waals surface area contributed by atoms with Crippen molar-refractivity contribution in [3.8, 4) is 0 Å². The van der Waals surface area contributed by atoms with Crippen LogP contribution in [-0.4, -0.2) is 7.05 Å². The fraction of sp³-hybridized carbons (Fsp3) is 0.333. The van der Waals surface area contributed by atoms with Gasteiger partial charge in [-0.05, 0) is 60.2 Å². The van der Waals surface area contributed by atoms with Crippen LogP contribution in [0.3, 0.4) is 0 Å². The molecular weight excluding hydrogens is 304 g/mol. The summed E-state index contributed by atoms with van der Waals surface area (Å²) < 4.78 is 13.9. The summed E-state index contributed by atoms with van der Waals surface area (Å²) in [6.45, 7) is 3.71. The first-order valence-electron chi connectivity index (χ1n) is 4.92. The van der Waals surface area contributed by atoms with Crippen molar-refractivity contribution in [2.75, 3.05) is 7.05 Å². The van der Waals surface area contributed by atoms with E-state index in [2.05, 4.69) is 34.5 Å². The van der Waals surface area contributed by atoms with Crippen LogP contribution in [0.1, 0.15) is 24.4 Å². The second-order valence-electron chi connectivity index (χ2n) is 3.37. The zero-order valence-corrected chi connectivity index (χ0v) is 10.9. The Balaban J connectivity index is 2.86. The van der Waals surface area contributed by atoms with Crippen LogP contribution in [0.5, 0.6) is 0 Å². The van der Waals surface area contributed by atoms with E-state index < -0.39 is 0 Å². The van der Waals surface area contributed by atoms with Gasteiger partial charge in [-0.2, -0.15) is 0 Å². The molecule has 0 heterocycles. The maximum absolute atomic E-state index is 12.9. The van der Waals surface area contributed by atoms with Crippen LogP contribution in [0.2, 0.25) is 0 Å². The van der Waals surface area contributed by atoms with Crippen molar-refractivity contribution < 1.29 is 4.39 Å². The minimum atomic E-state index is -0.179. The Morgan fingerprint density at radius 2 is 2.33 bits per heavy atom. The minimum absolute atomic E-state index is 0.179. The Kier molecular flexibility index (Phi) is 5.25. The molecule has 0 aromatic heterocycles. The zero-order chi connectivity index (χ0) is 11.3. The predicted molar refractivity (Wildman–Crippen MR) is 70.3 cm³/mol. The lowest BCUT2D eigenvalue weighted by molar-refractivity contribution is 0.549. The molecule has 0 saturated heterocycles. The molecule has 0 aliphatic carbocycles. The number of halogens is 2. The van der Waals surface area contributed by atoms with Crippen LogP contribution in [0.15, 0.2) is 30.9 Å². The molecule has 82 valence electrons. The van der Waals surface area contributed by atoms with Crippen LogP contribution < -0.4 is 5.32 Å². The fourth-order valence-electron chi connectivity index (χ4n) is 1.52. The fourth-order valence-corrected chi connectivity index (χ4v) is 2.38. The van der Waals surface area contributed by atoms with Gasteiger partial charge in [0.1, 0.15) is 5.82 Å². The first-order chi connectivity index (χ1) is 7.19. The zero-order valence-electron chi connectivity index (χ0n) is 8.76. The average Bonchev–Trinajstić information content (AvgIpc) is 2.21. The van der Waals surface area contributed by atoms with Gasteiger partial charge in [0.25, 0.3) is 0 Å². The predicted octanol–water partition coefficient (Wildman–Crippen LogP) is 3.66. The van der Waals surface area contributed by atoms with Gasteiger partial charge in [0.2, 0.25) is 0 Å². The summed E-state index contributed by atoms with van der Waals surface area (Å²) in [5.41, 5.74) is 1.15. The molecule has 0 fully saturated rings. The van der Waals surface area contributed by atoms with Crippen LogP contribution >= 0.6 is 22.6 Å². The molecule has 1 unspecified atom stereocenters. The second-order valence-corrected chi connectivity index (χ2v) is 4.54. The van der Waals surface area contributed by atoms with Gasteiger partial charge in [-0.15, -0.1) is 6.58 Å². The van der Waals surface area contributed by atoms with Crippen LogP contribution in [0.4, 0.5) is 4.39 Å². The van der Waals surface area contributed by atoms with Gasteiger partial charge < -0.3 is 5.32 Å². The highest BCUT2D eigenvalue weighted by molar-refractivity contribution is 14.1. The van der Waals surface area contributed by atoms with Crippen molar-refractivity contribution >= 4 is 22.6 Å². The first-order valence-corrected chi connectivity index (χ1v) is 6.00. The molecule has 0 amide bonds. The van der Waals surface area contributed by atoms with Gasteiger partial charge in [0.05, 0.1) is 0 Å². The first kappa shape index (κ1) is 12.6. The van der Waals surface area contributed by atoms with E-state index in [0.29, 0.717) is 0 Å². The van der Waals surface area contributed by atoms with E-state index in [1.165, 1.54) is 6.07 Å². The van der Waals surface area contributed by atoms with Crippen molar-refractivity contribution in [1.29, 1.82) is 0 Å². The summed E-state index contributed by atoms with van der Waals surface area (Å²) in [5.74, 6) is -0.179. The molecule has 0 radical (unpaired) electrons. The van der Waals surface area contributed by atoms with Crippen molar-refractivity contribution in [2.45, 2.75) is 18.9 Å². The summed E-state index contributed by atoms with van der Waals surface area (Å²) in [7, 11) is 1.92. The number of rotatable bonds is 5. The molecule has 1 rings (SSSR count). The van der Waals surface area contributed by atoms with E-state index in [9.17, 15) is 4.39 Å². The van der Waals surface area contributed by atoms with E-state index in [4.69, 9.17) is 0 Å². The second kappa shape index (κ2) is 6.23. The highest BCUT2D eigenvalue weighted by atomic mass is 127. The third-order valence-corrected chi connectivity index (χ3v) is 3.28. The van der Waals surface area contributed by atoms with Crippen molar-refractivity contribution in [2.24, 2.45) is 0 Å². The quantitative estimate of drug-likeness (QED) is 0.645. The largest absolute Gasteiger partial charge is 0.313 e. The van der Waals surface area contributed by atoms with Crippen molar-refractivity contribution in [3.63, 3.8) is 0 Å². The molecule has 1 N–H and O–H groups in total. The third kappa shape index (κ3) is 3.57. The van der Waals surface area contributed by atoms with Crippen molar-refractivity contribution in [3.05, 3.63) is 45.8 Å². The molecule has 1 nitrogen and oxygen atoms in total. The van der Waals surface area contributed by atoms with E-state index in [1.54, 1.807) is 6.07 Å². The molecule has 0 spiro atoms. The third-order valence-electron chi connectivity index (χ3n) is 2.35. The molecule has 0 bridgehead atoms. The number of hydrogen-bond donors (Lipinski definition) is 1. The SMILES string of the molecule is C=CCCC(NC)c1ccc(F)cc1I. The monoisotopic (exact) mass is 319 g/mol. The number of nitrogens with one attached hydrogen (secondary N) is 1. The Bertz CT molecular complexity index is 338. The van der Waals surface area contributed by atoms with Gasteiger partial charge in [-0.25, -0.2) is 4.39 Å². The van der Waals surface area contributed by atoms with E-state index in [0.717, 1.165) is 22.0 Å². The summed E-state index contributed by atoms with van der Waals surface area (Å²) in [5, 5.41) is 3.24. The Morgan fingerprint density at radius 3 is 2.87 bits per heavy atom. The van der Waals surface area contributed by atoms with Gasteiger partial charge in [0, 0.05) is 9.61 Å². The van der Waals surface area contributed by atoms with E-state index in [1.807, 2.05) is 19.2 Å². The van der Waals surface area contributed by atoms with Crippen LogP contribution in [-0.2, 0) is 0 Å². The molecule has 0 aliphatic heterocycles. The van der Waals surface area contributed by atoms with Crippen LogP contribution in [0.25, 0.3) is 0 Å². The normalized spacial score (nSPS) is 12.5. The van der Waals surface area contributed by atoms with Gasteiger partial charge >= 0.3 is 0 Å². The molecule has 1 aromatic rings. The maximum Gasteiger partial charge on any atom is 0.124 e. The minimum Gasteiger partial charge on any atom is -0.313 e. The molecule has 0 aliphatic rings. The number of hydrogen-bond acceptors (Lipinski definition) is 1. The summed E-state index contributed by atoms with van der Waals surface area (Å²) >= 11 is 2.17. The molecule has 0 saturated carbocycles. The maximum atomic E-state index is 12.9. The molecular formula is C12H15FIN.